The summed E-state index contributed by atoms with van der Waals surface area (Å²) in [5.74, 6) is 1.29. The first-order valence-corrected chi connectivity index (χ1v) is 9.40. The highest BCUT2D eigenvalue weighted by Crippen LogP contribution is 2.26. The molecule has 0 aromatic heterocycles. The molecule has 0 aliphatic heterocycles. The van der Waals surface area contributed by atoms with Crippen LogP contribution in [0.25, 0.3) is 0 Å². The molecule has 0 bridgehead atoms. The van der Waals surface area contributed by atoms with Gasteiger partial charge in [-0.1, -0.05) is 24.3 Å². The van der Waals surface area contributed by atoms with Crippen LogP contribution >= 0.6 is 0 Å². The maximum Gasteiger partial charge on any atom is 0.122 e. The molecular formula is C22H32N2O. The molecule has 0 spiro atoms. The van der Waals surface area contributed by atoms with Crippen LogP contribution in [0, 0.1) is 6.92 Å². The average molecular weight is 341 g/mol. The minimum absolute atomic E-state index is 0.327. The van der Waals surface area contributed by atoms with Gasteiger partial charge >= 0.3 is 0 Å². The molecule has 0 fully saturated rings. The minimum atomic E-state index is 0.327. The van der Waals surface area contributed by atoms with E-state index in [1.165, 1.54) is 22.4 Å². The van der Waals surface area contributed by atoms with Gasteiger partial charge in [-0.2, -0.15) is 0 Å². The third-order valence-electron chi connectivity index (χ3n) is 4.80. The standard InChI is InChI=1S/C22H32N2O/c1-5-24(6-2)21-11-8-18(9-12-21)15-20(16-23)19-10-13-22(25-7-3)17(4)14-19/h8-14,20H,5-7,15-16,23H2,1-4H3. The molecular weight excluding hydrogens is 308 g/mol. The normalized spacial score (nSPS) is 12.0. The van der Waals surface area contributed by atoms with Crippen molar-refractivity contribution in [2.24, 2.45) is 5.73 Å². The van der Waals surface area contributed by atoms with Gasteiger partial charge in [0.15, 0.2) is 0 Å². The van der Waals surface area contributed by atoms with Gasteiger partial charge < -0.3 is 15.4 Å². The Balaban J connectivity index is 2.12. The summed E-state index contributed by atoms with van der Waals surface area (Å²) in [4.78, 5) is 2.36. The monoisotopic (exact) mass is 340 g/mol. The van der Waals surface area contributed by atoms with Crippen molar-refractivity contribution in [3.63, 3.8) is 0 Å². The Morgan fingerprint density at radius 1 is 1.00 bits per heavy atom. The first-order valence-electron chi connectivity index (χ1n) is 9.40. The summed E-state index contributed by atoms with van der Waals surface area (Å²) in [6.07, 6.45) is 0.961. The molecule has 2 aromatic carbocycles. The van der Waals surface area contributed by atoms with Crippen LogP contribution in [0.4, 0.5) is 5.69 Å². The fourth-order valence-electron chi connectivity index (χ4n) is 3.30. The summed E-state index contributed by atoms with van der Waals surface area (Å²) in [5, 5.41) is 0. The van der Waals surface area contributed by atoms with Crippen molar-refractivity contribution in [1.29, 1.82) is 0 Å². The van der Waals surface area contributed by atoms with Crippen molar-refractivity contribution in [3.8, 4) is 5.75 Å². The first-order chi connectivity index (χ1) is 12.1. The molecule has 1 unspecified atom stereocenters. The summed E-state index contributed by atoms with van der Waals surface area (Å²) < 4.78 is 5.64. The molecule has 0 amide bonds. The van der Waals surface area contributed by atoms with Crippen LogP contribution in [-0.4, -0.2) is 26.2 Å². The molecule has 3 heteroatoms. The fraction of sp³-hybridized carbons (Fsp3) is 0.455. The molecule has 25 heavy (non-hydrogen) atoms. The SMILES string of the molecule is CCOc1ccc(C(CN)Cc2ccc(N(CC)CC)cc2)cc1C. The molecule has 0 aliphatic carbocycles. The quantitative estimate of drug-likeness (QED) is 0.729. The second kappa shape index (κ2) is 9.47. The molecule has 0 saturated carbocycles. The number of nitrogens with zero attached hydrogens (tertiary/aromatic N) is 1. The number of aryl methyl sites for hydroxylation is 1. The van der Waals surface area contributed by atoms with Gasteiger partial charge in [0, 0.05) is 24.7 Å². The predicted molar refractivity (Wildman–Crippen MR) is 108 cm³/mol. The Morgan fingerprint density at radius 2 is 1.68 bits per heavy atom. The summed E-state index contributed by atoms with van der Waals surface area (Å²) in [6.45, 7) is 11.9. The predicted octanol–water partition coefficient (Wildman–Crippen LogP) is 4.52. The Kier molecular flexibility index (Phi) is 7.32. The van der Waals surface area contributed by atoms with Crippen LogP contribution in [-0.2, 0) is 6.42 Å². The summed E-state index contributed by atoms with van der Waals surface area (Å²) in [6, 6.07) is 15.3. The van der Waals surface area contributed by atoms with Crippen LogP contribution in [0.5, 0.6) is 5.75 Å². The van der Waals surface area contributed by atoms with Gasteiger partial charge in [-0.3, -0.25) is 0 Å². The topological polar surface area (TPSA) is 38.5 Å². The van der Waals surface area contributed by atoms with Crippen molar-refractivity contribution in [2.45, 2.75) is 40.0 Å². The van der Waals surface area contributed by atoms with Crippen molar-refractivity contribution in [1.82, 2.24) is 0 Å². The smallest absolute Gasteiger partial charge is 0.122 e. The van der Waals surface area contributed by atoms with Crippen molar-refractivity contribution in [3.05, 3.63) is 59.2 Å². The van der Waals surface area contributed by atoms with E-state index in [2.05, 4.69) is 68.1 Å². The minimum Gasteiger partial charge on any atom is -0.494 e. The van der Waals surface area contributed by atoms with Gasteiger partial charge in [-0.25, -0.2) is 0 Å². The van der Waals surface area contributed by atoms with E-state index >= 15 is 0 Å². The number of ether oxygens (including phenoxy) is 1. The van der Waals surface area contributed by atoms with Gasteiger partial charge in [0.25, 0.3) is 0 Å². The summed E-state index contributed by atoms with van der Waals surface area (Å²) >= 11 is 0. The lowest BCUT2D eigenvalue weighted by Gasteiger charge is -2.22. The average Bonchev–Trinajstić information content (AvgIpc) is 2.64. The van der Waals surface area contributed by atoms with Gasteiger partial charge in [0.1, 0.15) is 5.75 Å². The molecule has 0 heterocycles. The third-order valence-corrected chi connectivity index (χ3v) is 4.80. The number of nitrogens with two attached hydrogens (primary N) is 1. The molecule has 2 rings (SSSR count). The van der Waals surface area contributed by atoms with E-state index in [1.54, 1.807) is 0 Å². The van der Waals surface area contributed by atoms with Crippen LogP contribution < -0.4 is 15.4 Å². The zero-order valence-electron chi connectivity index (χ0n) is 16.1. The fourth-order valence-corrected chi connectivity index (χ4v) is 3.30. The summed E-state index contributed by atoms with van der Waals surface area (Å²) in [5.41, 5.74) is 11.2. The molecule has 3 nitrogen and oxygen atoms in total. The second-order valence-electron chi connectivity index (χ2n) is 6.43. The van der Waals surface area contributed by atoms with Gasteiger partial charge in [-0.15, -0.1) is 0 Å². The van der Waals surface area contributed by atoms with Crippen molar-refractivity contribution in [2.75, 3.05) is 31.1 Å². The Bertz CT molecular complexity index is 648. The lowest BCUT2D eigenvalue weighted by atomic mass is 9.91. The Morgan fingerprint density at radius 3 is 2.20 bits per heavy atom. The molecule has 2 N–H and O–H groups in total. The van der Waals surface area contributed by atoms with E-state index in [0.717, 1.165) is 25.3 Å². The molecule has 0 radical (unpaired) electrons. The highest BCUT2D eigenvalue weighted by Gasteiger charge is 2.13. The molecule has 0 aliphatic rings. The maximum atomic E-state index is 6.08. The highest BCUT2D eigenvalue weighted by atomic mass is 16.5. The number of anilines is 1. The Labute approximate surface area is 152 Å². The lowest BCUT2D eigenvalue weighted by Crippen LogP contribution is -2.21. The van der Waals surface area contributed by atoms with Gasteiger partial charge in [0.05, 0.1) is 6.61 Å². The zero-order valence-corrected chi connectivity index (χ0v) is 16.1. The molecule has 2 aromatic rings. The van der Waals surface area contributed by atoms with Crippen molar-refractivity contribution >= 4 is 5.69 Å². The number of benzene rings is 2. The van der Waals surface area contributed by atoms with Crippen LogP contribution in [0.1, 0.15) is 43.4 Å². The van der Waals surface area contributed by atoms with Crippen LogP contribution in [0.3, 0.4) is 0 Å². The van der Waals surface area contributed by atoms with E-state index < -0.39 is 0 Å². The van der Waals surface area contributed by atoms with Gasteiger partial charge in [-0.05, 0) is 75.5 Å². The number of hydrogen-bond acceptors (Lipinski definition) is 3. The second-order valence-corrected chi connectivity index (χ2v) is 6.43. The first kappa shape index (κ1) is 19.3. The number of rotatable bonds is 9. The van der Waals surface area contributed by atoms with E-state index in [4.69, 9.17) is 10.5 Å². The largest absolute Gasteiger partial charge is 0.494 e. The van der Waals surface area contributed by atoms with E-state index in [9.17, 15) is 0 Å². The maximum absolute atomic E-state index is 6.08. The third kappa shape index (κ3) is 4.99. The van der Waals surface area contributed by atoms with Gasteiger partial charge in [0.2, 0.25) is 0 Å². The number of hydrogen-bond donors (Lipinski definition) is 1. The lowest BCUT2D eigenvalue weighted by molar-refractivity contribution is 0.337. The molecule has 1 atom stereocenters. The zero-order chi connectivity index (χ0) is 18.2. The van der Waals surface area contributed by atoms with E-state index in [1.807, 2.05) is 6.92 Å². The summed E-state index contributed by atoms with van der Waals surface area (Å²) in [7, 11) is 0. The van der Waals surface area contributed by atoms with E-state index in [0.29, 0.717) is 19.1 Å². The highest BCUT2D eigenvalue weighted by molar-refractivity contribution is 5.47. The molecule has 0 saturated heterocycles. The van der Waals surface area contributed by atoms with Crippen molar-refractivity contribution < 1.29 is 4.74 Å². The van der Waals surface area contributed by atoms with E-state index in [-0.39, 0.29) is 0 Å². The van der Waals surface area contributed by atoms with Crippen LogP contribution in [0.15, 0.2) is 42.5 Å². The van der Waals surface area contributed by atoms with Crippen LogP contribution in [0.2, 0.25) is 0 Å². The molecule has 136 valence electrons. The Hall–Kier alpha value is -2.00.